The average molecular weight is 328 g/mol. The molecule has 2 aromatic rings. The fraction of sp³-hybridized carbons (Fsp3) is 0.500. The van der Waals surface area contributed by atoms with E-state index in [1.54, 1.807) is 4.90 Å². The number of benzene rings is 1. The zero-order valence-corrected chi connectivity index (χ0v) is 14.4. The lowest BCUT2D eigenvalue weighted by Crippen LogP contribution is -2.35. The summed E-state index contributed by atoms with van der Waals surface area (Å²) in [6, 6.07) is 7.55. The van der Waals surface area contributed by atoms with Gasteiger partial charge in [-0.25, -0.2) is 4.98 Å². The van der Waals surface area contributed by atoms with Crippen molar-refractivity contribution in [3.8, 4) is 0 Å². The highest BCUT2D eigenvalue weighted by atomic mass is 16.2. The molecule has 6 heteroatoms. The first-order valence-corrected chi connectivity index (χ1v) is 8.47. The molecule has 0 unspecified atom stereocenters. The number of nitrogens with zero attached hydrogens (tertiary/aromatic N) is 2. The molecule has 6 nitrogen and oxygen atoms in total. The molecule has 1 aromatic heterocycles. The highest BCUT2D eigenvalue weighted by Gasteiger charge is 2.35. The number of nitrogens with one attached hydrogen (secondary N) is 2. The second-order valence-corrected chi connectivity index (χ2v) is 6.96. The normalized spacial score (nSPS) is 19.2. The molecule has 0 radical (unpaired) electrons. The van der Waals surface area contributed by atoms with Crippen LogP contribution in [0.25, 0.3) is 11.0 Å². The minimum absolute atomic E-state index is 0.0697. The van der Waals surface area contributed by atoms with Crippen LogP contribution in [0.3, 0.4) is 0 Å². The van der Waals surface area contributed by atoms with E-state index in [1.165, 1.54) is 0 Å². The van der Waals surface area contributed by atoms with Gasteiger partial charge in [0.25, 0.3) is 0 Å². The van der Waals surface area contributed by atoms with Crippen LogP contribution in [0.1, 0.15) is 39.1 Å². The minimum Gasteiger partial charge on any atom is -0.346 e. The predicted molar refractivity (Wildman–Crippen MR) is 92.2 cm³/mol. The number of aromatic amines is 1. The maximum absolute atomic E-state index is 12.5. The van der Waals surface area contributed by atoms with E-state index in [9.17, 15) is 9.59 Å². The summed E-state index contributed by atoms with van der Waals surface area (Å²) in [7, 11) is 0. The van der Waals surface area contributed by atoms with Crippen LogP contribution in [0.15, 0.2) is 24.3 Å². The number of hydrogen-bond acceptors (Lipinski definition) is 3. The quantitative estimate of drug-likeness (QED) is 0.883. The minimum atomic E-state index is -0.275. The zero-order valence-electron chi connectivity index (χ0n) is 14.4. The second kappa shape index (κ2) is 6.63. The summed E-state index contributed by atoms with van der Waals surface area (Å²) in [5, 5.41) is 2.98. The Morgan fingerprint density at radius 2 is 2.12 bits per heavy atom. The number of carbonyl (C=O) groups is 2. The Labute approximate surface area is 141 Å². The number of hydrogen-bond donors (Lipinski definition) is 2. The predicted octanol–water partition coefficient (Wildman–Crippen LogP) is 2.24. The molecule has 24 heavy (non-hydrogen) atoms. The number of imidazole rings is 1. The van der Waals surface area contributed by atoms with Crippen molar-refractivity contribution in [2.45, 2.75) is 33.2 Å². The van der Waals surface area contributed by atoms with Gasteiger partial charge in [-0.05, 0) is 25.0 Å². The number of rotatable bonds is 5. The van der Waals surface area contributed by atoms with Crippen molar-refractivity contribution in [2.24, 2.45) is 11.8 Å². The number of H-pyrrole nitrogens is 1. The standard InChI is InChI=1S/C18H24N4O2/c1-11(2)9-22-10-13(8-16(22)23)18(24)19-12(3)17-20-14-6-4-5-7-15(14)21-17/h4-7,11-13H,8-10H2,1-3H3,(H,19,24)(H,20,21)/t12-,13-/m1/s1. The molecule has 2 amide bonds. The van der Waals surface area contributed by atoms with Gasteiger partial charge in [-0.15, -0.1) is 0 Å². The molecule has 2 N–H and O–H groups in total. The Morgan fingerprint density at radius 1 is 1.38 bits per heavy atom. The molecule has 0 saturated carbocycles. The molecule has 1 fully saturated rings. The Morgan fingerprint density at radius 3 is 2.83 bits per heavy atom. The maximum atomic E-state index is 12.5. The number of para-hydroxylation sites is 2. The summed E-state index contributed by atoms with van der Waals surface area (Å²) in [6.07, 6.45) is 0.297. The second-order valence-electron chi connectivity index (χ2n) is 6.96. The van der Waals surface area contributed by atoms with Crippen LogP contribution >= 0.6 is 0 Å². The molecule has 1 aliphatic rings. The topological polar surface area (TPSA) is 78.1 Å². The highest BCUT2D eigenvalue weighted by molar-refractivity contribution is 5.89. The zero-order chi connectivity index (χ0) is 17.3. The van der Waals surface area contributed by atoms with Crippen molar-refractivity contribution >= 4 is 22.8 Å². The summed E-state index contributed by atoms with van der Waals surface area (Å²) in [5.74, 6) is 0.851. The first-order chi connectivity index (χ1) is 11.4. The lowest BCUT2D eigenvalue weighted by molar-refractivity contribution is -0.129. The molecule has 3 rings (SSSR count). The number of amides is 2. The SMILES string of the molecule is CC(C)CN1C[C@H](C(=O)N[C@H](C)c2nc3ccccc3[nH]2)CC1=O. The van der Waals surface area contributed by atoms with E-state index in [4.69, 9.17) is 0 Å². The highest BCUT2D eigenvalue weighted by Crippen LogP contribution is 2.21. The Kier molecular flexibility index (Phi) is 4.55. The van der Waals surface area contributed by atoms with Gasteiger partial charge in [0.05, 0.1) is 23.0 Å². The number of aromatic nitrogens is 2. The molecule has 0 bridgehead atoms. The molecule has 1 aliphatic heterocycles. The summed E-state index contributed by atoms with van der Waals surface area (Å²) < 4.78 is 0. The lowest BCUT2D eigenvalue weighted by Gasteiger charge is -2.19. The van der Waals surface area contributed by atoms with Crippen LogP contribution in [-0.4, -0.2) is 39.8 Å². The van der Waals surface area contributed by atoms with Crippen molar-refractivity contribution in [1.82, 2.24) is 20.2 Å². The molecule has 128 valence electrons. The van der Waals surface area contributed by atoms with Gasteiger partial charge in [-0.3, -0.25) is 9.59 Å². The molecule has 1 saturated heterocycles. The summed E-state index contributed by atoms with van der Waals surface area (Å²) in [6.45, 7) is 7.27. The summed E-state index contributed by atoms with van der Waals surface area (Å²) in [5.41, 5.74) is 1.83. The maximum Gasteiger partial charge on any atom is 0.226 e. The van der Waals surface area contributed by atoms with Gasteiger partial charge >= 0.3 is 0 Å². The Balaban J connectivity index is 1.63. The van der Waals surface area contributed by atoms with Gasteiger partial charge in [0, 0.05) is 19.5 Å². The van der Waals surface area contributed by atoms with Gasteiger partial charge in [0.2, 0.25) is 11.8 Å². The summed E-state index contributed by atoms with van der Waals surface area (Å²) in [4.78, 5) is 34.1. The number of carbonyl (C=O) groups excluding carboxylic acids is 2. The van der Waals surface area contributed by atoms with Crippen molar-refractivity contribution < 1.29 is 9.59 Å². The Hall–Kier alpha value is -2.37. The van der Waals surface area contributed by atoms with E-state index in [1.807, 2.05) is 31.2 Å². The van der Waals surface area contributed by atoms with Crippen LogP contribution in [-0.2, 0) is 9.59 Å². The summed E-state index contributed by atoms with van der Waals surface area (Å²) >= 11 is 0. The molecule has 0 aliphatic carbocycles. The van der Waals surface area contributed by atoms with E-state index >= 15 is 0 Å². The van der Waals surface area contributed by atoms with E-state index in [0.29, 0.717) is 25.4 Å². The molecular weight excluding hydrogens is 304 g/mol. The monoisotopic (exact) mass is 328 g/mol. The first kappa shape index (κ1) is 16.5. The number of likely N-dealkylation sites (tertiary alicyclic amines) is 1. The third kappa shape index (κ3) is 3.42. The van der Waals surface area contributed by atoms with Crippen molar-refractivity contribution in [3.63, 3.8) is 0 Å². The molecular formula is C18H24N4O2. The lowest BCUT2D eigenvalue weighted by atomic mass is 10.1. The van der Waals surface area contributed by atoms with E-state index in [2.05, 4.69) is 29.1 Å². The van der Waals surface area contributed by atoms with E-state index in [0.717, 1.165) is 16.9 Å². The smallest absolute Gasteiger partial charge is 0.226 e. The van der Waals surface area contributed by atoms with Crippen LogP contribution in [0.5, 0.6) is 0 Å². The van der Waals surface area contributed by atoms with Crippen molar-refractivity contribution in [2.75, 3.05) is 13.1 Å². The fourth-order valence-electron chi connectivity index (χ4n) is 3.14. The van der Waals surface area contributed by atoms with Gasteiger partial charge in [0.15, 0.2) is 0 Å². The number of fused-ring (bicyclic) bond motifs is 1. The van der Waals surface area contributed by atoms with Crippen molar-refractivity contribution in [1.29, 1.82) is 0 Å². The van der Waals surface area contributed by atoms with Gasteiger partial charge in [0.1, 0.15) is 5.82 Å². The fourth-order valence-corrected chi connectivity index (χ4v) is 3.14. The third-order valence-corrected chi connectivity index (χ3v) is 4.35. The van der Waals surface area contributed by atoms with Crippen LogP contribution in [0.2, 0.25) is 0 Å². The average Bonchev–Trinajstić information content (AvgIpc) is 3.11. The van der Waals surface area contributed by atoms with Gasteiger partial charge in [-0.2, -0.15) is 0 Å². The van der Waals surface area contributed by atoms with Crippen LogP contribution in [0.4, 0.5) is 0 Å². The van der Waals surface area contributed by atoms with E-state index < -0.39 is 0 Å². The van der Waals surface area contributed by atoms with Crippen molar-refractivity contribution in [3.05, 3.63) is 30.1 Å². The molecule has 1 aromatic carbocycles. The third-order valence-electron chi connectivity index (χ3n) is 4.35. The molecule has 2 heterocycles. The van der Waals surface area contributed by atoms with Crippen LogP contribution in [0, 0.1) is 11.8 Å². The van der Waals surface area contributed by atoms with Gasteiger partial charge in [-0.1, -0.05) is 26.0 Å². The Bertz CT molecular complexity index is 719. The van der Waals surface area contributed by atoms with E-state index in [-0.39, 0.29) is 23.8 Å². The largest absolute Gasteiger partial charge is 0.346 e. The molecule has 0 spiro atoms. The van der Waals surface area contributed by atoms with Crippen LogP contribution < -0.4 is 5.32 Å². The first-order valence-electron chi connectivity index (χ1n) is 8.47. The molecule has 2 atom stereocenters. The van der Waals surface area contributed by atoms with Gasteiger partial charge < -0.3 is 15.2 Å².